The smallest absolute Gasteiger partial charge is 0.267 e. The first-order valence-corrected chi connectivity index (χ1v) is 8.11. The molecule has 23 heavy (non-hydrogen) atoms. The molecule has 0 spiro atoms. The Kier molecular flexibility index (Phi) is 4.52. The molecular formula is C16H20ClN5O. The number of carbonyl (C=O) groups excluding carboxylic acids is 1. The zero-order valence-electron chi connectivity index (χ0n) is 13.3. The van der Waals surface area contributed by atoms with Crippen LogP contribution in [-0.4, -0.2) is 34.0 Å². The molecule has 3 rings (SSSR count). The van der Waals surface area contributed by atoms with E-state index in [2.05, 4.69) is 20.2 Å². The number of anilines is 1. The first kappa shape index (κ1) is 15.8. The Morgan fingerprint density at radius 2 is 2.04 bits per heavy atom. The quantitative estimate of drug-likeness (QED) is 0.937. The lowest BCUT2D eigenvalue weighted by Crippen LogP contribution is -2.36. The predicted molar refractivity (Wildman–Crippen MR) is 89.8 cm³/mol. The van der Waals surface area contributed by atoms with Gasteiger partial charge in [-0.15, -0.1) is 0 Å². The van der Waals surface area contributed by atoms with Crippen LogP contribution in [-0.2, 0) is 7.05 Å². The van der Waals surface area contributed by atoms with Crippen LogP contribution < -0.4 is 10.2 Å². The first-order valence-electron chi connectivity index (χ1n) is 7.73. The van der Waals surface area contributed by atoms with Crippen molar-refractivity contribution in [3.8, 4) is 0 Å². The van der Waals surface area contributed by atoms with E-state index in [1.54, 1.807) is 19.4 Å². The van der Waals surface area contributed by atoms with E-state index in [0.29, 0.717) is 16.7 Å². The second-order valence-corrected chi connectivity index (χ2v) is 6.12. The zero-order valence-corrected chi connectivity index (χ0v) is 14.0. The zero-order chi connectivity index (χ0) is 16.4. The van der Waals surface area contributed by atoms with E-state index in [1.807, 2.05) is 23.7 Å². The highest BCUT2D eigenvalue weighted by Gasteiger charge is 2.29. The van der Waals surface area contributed by atoms with Crippen LogP contribution >= 0.6 is 11.6 Å². The molecule has 0 radical (unpaired) electrons. The summed E-state index contributed by atoms with van der Waals surface area (Å²) in [7, 11) is 3.57. The summed E-state index contributed by atoms with van der Waals surface area (Å²) < 4.78 is 1.96. The fourth-order valence-electron chi connectivity index (χ4n) is 3.15. The number of hydrogen-bond donors (Lipinski definition) is 1. The Morgan fingerprint density at radius 1 is 1.30 bits per heavy atom. The van der Waals surface area contributed by atoms with Crippen LogP contribution in [0.3, 0.4) is 0 Å². The lowest BCUT2D eigenvalue weighted by molar-refractivity contribution is 0.0954. The molecule has 6 nitrogen and oxygen atoms in total. The molecule has 0 aromatic carbocycles. The monoisotopic (exact) mass is 333 g/mol. The van der Waals surface area contributed by atoms with E-state index >= 15 is 0 Å². The Balaban J connectivity index is 1.94. The fraction of sp³-hybridized carbons (Fsp3) is 0.438. The van der Waals surface area contributed by atoms with Gasteiger partial charge in [0.15, 0.2) is 0 Å². The van der Waals surface area contributed by atoms with Crippen LogP contribution in [0.2, 0.25) is 5.02 Å². The highest BCUT2D eigenvalue weighted by atomic mass is 35.5. The predicted octanol–water partition coefficient (Wildman–Crippen LogP) is 2.56. The van der Waals surface area contributed by atoms with Crippen LogP contribution in [0.1, 0.15) is 41.5 Å². The normalized spacial score (nSPS) is 18.0. The van der Waals surface area contributed by atoms with Gasteiger partial charge in [-0.3, -0.25) is 4.79 Å². The van der Waals surface area contributed by atoms with Crippen molar-refractivity contribution in [1.82, 2.24) is 19.9 Å². The molecule has 7 heteroatoms. The van der Waals surface area contributed by atoms with Gasteiger partial charge < -0.3 is 14.8 Å². The van der Waals surface area contributed by atoms with Crippen molar-refractivity contribution in [1.29, 1.82) is 0 Å². The minimum atomic E-state index is -0.0798. The third-order valence-electron chi connectivity index (χ3n) is 4.33. The van der Waals surface area contributed by atoms with Crippen molar-refractivity contribution in [2.24, 2.45) is 7.05 Å². The Bertz CT molecular complexity index is 697. The van der Waals surface area contributed by atoms with Gasteiger partial charge in [-0.2, -0.15) is 0 Å². The summed E-state index contributed by atoms with van der Waals surface area (Å²) >= 11 is 5.89. The van der Waals surface area contributed by atoms with Crippen molar-refractivity contribution in [2.45, 2.75) is 25.3 Å². The third-order valence-corrected chi connectivity index (χ3v) is 4.52. The number of halogens is 1. The van der Waals surface area contributed by atoms with Crippen molar-refractivity contribution >= 4 is 23.5 Å². The van der Waals surface area contributed by atoms with Crippen LogP contribution in [0, 0.1) is 0 Å². The highest BCUT2D eigenvalue weighted by Crippen LogP contribution is 2.34. The van der Waals surface area contributed by atoms with Gasteiger partial charge in [-0.05, 0) is 31.4 Å². The summed E-state index contributed by atoms with van der Waals surface area (Å²) in [6, 6.07) is 4.04. The lowest BCUT2D eigenvalue weighted by atomic mass is 10.00. The van der Waals surface area contributed by atoms with E-state index in [-0.39, 0.29) is 11.9 Å². The van der Waals surface area contributed by atoms with Crippen molar-refractivity contribution in [3.05, 3.63) is 40.9 Å². The van der Waals surface area contributed by atoms with Gasteiger partial charge in [0.25, 0.3) is 5.91 Å². The lowest BCUT2D eigenvalue weighted by Gasteiger charge is -2.36. The second kappa shape index (κ2) is 6.58. The first-order chi connectivity index (χ1) is 11.1. The summed E-state index contributed by atoms with van der Waals surface area (Å²) in [6.07, 6.45) is 6.51. The van der Waals surface area contributed by atoms with E-state index in [4.69, 9.17) is 11.6 Å². The number of piperidine rings is 1. The SMILES string of the molecule is CNC(=O)c1ccc(C2CCCCN2c2ncc(Cl)cn2)n1C. The molecule has 0 aliphatic carbocycles. The topological polar surface area (TPSA) is 63.1 Å². The molecule has 122 valence electrons. The van der Waals surface area contributed by atoms with E-state index in [0.717, 1.165) is 31.5 Å². The molecule has 1 amide bonds. The summed E-state index contributed by atoms with van der Waals surface area (Å²) in [5.74, 6) is 0.602. The average molecular weight is 334 g/mol. The van der Waals surface area contributed by atoms with Crippen molar-refractivity contribution in [3.63, 3.8) is 0 Å². The van der Waals surface area contributed by atoms with E-state index < -0.39 is 0 Å². The standard InChI is InChI=1S/C16H20ClN5O/c1-18-15(23)14-7-6-12(21(14)2)13-5-3-4-8-22(13)16-19-9-11(17)10-20-16/h6-7,9-10,13H,3-5,8H2,1-2H3,(H,18,23). The number of aromatic nitrogens is 3. The van der Waals surface area contributed by atoms with Gasteiger partial charge in [0.1, 0.15) is 5.69 Å². The number of rotatable bonds is 3. The van der Waals surface area contributed by atoms with Crippen LogP contribution in [0.4, 0.5) is 5.95 Å². The molecular weight excluding hydrogens is 314 g/mol. The van der Waals surface area contributed by atoms with Crippen molar-refractivity contribution in [2.75, 3.05) is 18.5 Å². The van der Waals surface area contributed by atoms with Crippen LogP contribution in [0.15, 0.2) is 24.5 Å². The Labute approximate surface area is 140 Å². The molecule has 2 aromatic rings. The molecule has 3 heterocycles. The maximum Gasteiger partial charge on any atom is 0.267 e. The molecule has 1 aliphatic heterocycles. The van der Waals surface area contributed by atoms with Crippen LogP contribution in [0.5, 0.6) is 0 Å². The minimum Gasteiger partial charge on any atom is -0.354 e. The largest absolute Gasteiger partial charge is 0.354 e. The molecule has 0 saturated carbocycles. The fourth-order valence-corrected chi connectivity index (χ4v) is 3.25. The van der Waals surface area contributed by atoms with Crippen LogP contribution in [0.25, 0.3) is 0 Å². The number of nitrogens with zero attached hydrogens (tertiary/aromatic N) is 4. The minimum absolute atomic E-state index is 0.0798. The van der Waals surface area contributed by atoms with Gasteiger partial charge >= 0.3 is 0 Å². The Hall–Kier alpha value is -2.08. The molecule has 1 aliphatic rings. The van der Waals surface area contributed by atoms with Gasteiger partial charge in [0.2, 0.25) is 5.95 Å². The molecule has 1 atom stereocenters. The van der Waals surface area contributed by atoms with Gasteiger partial charge in [0.05, 0.1) is 23.5 Å². The number of amides is 1. The van der Waals surface area contributed by atoms with Gasteiger partial charge in [-0.1, -0.05) is 11.6 Å². The molecule has 1 fully saturated rings. The maximum absolute atomic E-state index is 11.9. The number of hydrogen-bond acceptors (Lipinski definition) is 4. The van der Waals surface area contributed by atoms with E-state index in [9.17, 15) is 4.79 Å². The highest BCUT2D eigenvalue weighted by molar-refractivity contribution is 6.30. The van der Waals surface area contributed by atoms with E-state index in [1.165, 1.54) is 0 Å². The summed E-state index contributed by atoms with van der Waals surface area (Å²) in [5.41, 5.74) is 1.76. The summed E-state index contributed by atoms with van der Waals surface area (Å²) in [6.45, 7) is 0.896. The average Bonchev–Trinajstić information content (AvgIpc) is 2.96. The number of nitrogens with one attached hydrogen (secondary N) is 1. The summed E-state index contributed by atoms with van der Waals surface area (Å²) in [4.78, 5) is 22.9. The molecule has 1 N–H and O–H groups in total. The molecule has 2 aromatic heterocycles. The third kappa shape index (κ3) is 3.03. The molecule has 0 bridgehead atoms. The van der Waals surface area contributed by atoms with Gasteiger partial charge in [-0.25, -0.2) is 9.97 Å². The van der Waals surface area contributed by atoms with Gasteiger partial charge in [0, 0.05) is 26.3 Å². The molecule has 1 saturated heterocycles. The maximum atomic E-state index is 11.9. The molecule has 1 unspecified atom stereocenters. The second-order valence-electron chi connectivity index (χ2n) is 5.69. The summed E-state index contributed by atoms with van der Waals surface area (Å²) in [5, 5.41) is 3.21. The number of carbonyl (C=O) groups is 1. The Morgan fingerprint density at radius 3 is 2.74 bits per heavy atom. The van der Waals surface area contributed by atoms with Crippen molar-refractivity contribution < 1.29 is 4.79 Å².